The van der Waals surface area contributed by atoms with E-state index in [1.807, 2.05) is 13.8 Å². The molecule has 0 spiro atoms. The molecule has 0 bridgehead atoms. The lowest BCUT2D eigenvalue weighted by Crippen LogP contribution is -2.35. The van der Waals surface area contributed by atoms with Gasteiger partial charge in [0.2, 0.25) is 5.95 Å². The van der Waals surface area contributed by atoms with Crippen LogP contribution in [0.3, 0.4) is 0 Å². The van der Waals surface area contributed by atoms with E-state index >= 15 is 0 Å². The zero-order valence-electron chi connectivity index (χ0n) is 25.9. The van der Waals surface area contributed by atoms with Crippen molar-refractivity contribution in [3.05, 3.63) is 58.7 Å². The number of aromatic nitrogens is 2. The Balaban J connectivity index is 1.38. The van der Waals surface area contributed by atoms with Gasteiger partial charge in [0.15, 0.2) is 15.7 Å². The first-order valence-corrected chi connectivity index (χ1v) is 17.4. The molecule has 2 heterocycles. The number of hydrogen-bond donors (Lipinski definition) is 2. The highest BCUT2D eigenvalue weighted by Gasteiger charge is 2.29. The summed E-state index contributed by atoms with van der Waals surface area (Å²) < 4.78 is 32.3. The van der Waals surface area contributed by atoms with Gasteiger partial charge in [0.25, 0.3) is 0 Å². The topological polar surface area (TPSA) is 96.5 Å². The number of nitrogens with one attached hydrogen (secondary N) is 2. The Labute approximate surface area is 261 Å². The Hall–Kier alpha value is -2.88. The third-order valence-electron chi connectivity index (χ3n) is 8.58. The quantitative estimate of drug-likeness (QED) is 0.234. The zero-order chi connectivity index (χ0) is 30.7. The molecule has 2 aromatic carbocycles. The second-order valence-corrected chi connectivity index (χ2v) is 15.2. The molecule has 0 radical (unpaired) electrons. The van der Waals surface area contributed by atoms with Gasteiger partial charge in [-0.25, -0.2) is 13.4 Å². The predicted molar refractivity (Wildman–Crippen MR) is 175 cm³/mol. The number of halogens is 1. The minimum atomic E-state index is -3.53. The first kappa shape index (κ1) is 31.5. The van der Waals surface area contributed by atoms with Crippen LogP contribution in [0.5, 0.6) is 5.75 Å². The fourth-order valence-electron chi connectivity index (χ4n) is 6.29. The van der Waals surface area contributed by atoms with Crippen molar-refractivity contribution in [3.8, 4) is 5.75 Å². The molecular weight excluding hydrogens is 582 g/mol. The van der Waals surface area contributed by atoms with Gasteiger partial charge in [0.05, 0.1) is 33.8 Å². The Kier molecular flexibility index (Phi) is 9.83. The first-order valence-electron chi connectivity index (χ1n) is 15.5. The molecule has 2 aliphatic rings. The average molecular weight is 626 g/mol. The van der Waals surface area contributed by atoms with Crippen LogP contribution in [0.25, 0.3) is 0 Å². The van der Waals surface area contributed by atoms with Crippen molar-refractivity contribution in [2.75, 3.05) is 23.7 Å². The maximum absolute atomic E-state index is 13.0. The summed E-state index contributed by atoms with van der Waals surface area (Å²) in [7, 11) is -3.53. The van der Waals surface area contributed by atoms with E-state index in [2.05, 4.69) is 44.6 Å². The second kappa shape index (κ2) is 13.4. The monoisotopic (exact) mass is 625 g/mol. The number of hydrogen-bond acceptors (Lipinski definition) is 8. The van der Waals surface area contributed by atoms with Crippen molar-refractivity contribution in [2.45, 2.75) is 101 Å². The smallest absolute Gasteiger partial charge is 0.229 e. The van der Waals surface area contributed by atoms with E-state index in [1.165, 1.54) is 68.9 Å². The fraction of sp³-hybridized carbons (Fsp3) is 0.515. The molecule has 1 aromatic heterocycles. The maximum atomic E-state index is 13.0. The molecule has 1 aliphatic carbocycles. The van der Waals surface area contributed by atoms with Crippen LogP contribution in [0.4, 0.5) is 23.1 Å². The van der Waals surface area contributed by atoms with Gasteiger partial charge in [-0.05, 0) is 128 Å². The standard InChI is InChI=1S/C33H44ClN5O3S/c1-21(2)42-30-19-26(24-12-14-25(15-13-24)39-16-8-9-17-39)23(5)18-29(30)37-33-35-20-27(34)32(38-33)36-28-10-6-7-11-31(28)43(40,41)22(3)4/h6-7,10-11,18-22,24-25H,8-9,12-17H2,1-5H3,(H2,35,36,37,38)/t24-,25-. The number of likely N-dealkylation sites (tertiary alicyclic amines) is 1. The summed E-state index contributed by atoms with van der Waals surface area (Å²) in [5.41, 5.74) is 3.75. The maximum Gasteiger partial charge on any atom is 0.229 e. The number of aryl methyl sites for hydroxylation is 1. The third kappa shape index (κ3) is 7.27. The third-order valence-corrected chi connectivity index (χ3v) is 11.1. The summed E-state index contributed by atoms with van der Waals surface area (Å²) >= 11 is 6.47. The number of anilines is 4. The van der Waals surface area contributed by atoms with Gasteiger partial charge >= 0.3 is 0 Å². The molecule has 1 aliphatic heterocycles. The van der Waals surface area contributed by atoms with Gasteiger partial charge in [-0.3, -0.25) is 0 Å². The van der Waals surface area contributed by atoms with Gasteiger partial charge in [0.1, 0.15) is 10.8 Å². The summed E-state index contributed by atoms with van der Waals surface area (Å²) in [5, 5.41) is 6.17. The molecule has 3 aromatic rings. The number of rotatable bonds is 10. The number of benzene rings is 2. The van der Waals surface area contributed by atoms with Crippen molar-refractivity contribution in [2.24, 2.45) is 0 Å². The van der Waals surface area contributed by atoms with Gasteiger partial charge in [-0.1, -0.05) is 23.7 Å². The summed E-state index contributed by atoms with van der Waals surface area (Å²) in [6, 6.07) is 11.8. The number of nitrogens with zero attached hydrogens (tertiary/aromatic N) is 3. The van der Waals surface area contributed by atoms with Gasteiger partial charge < -0.3 is 20.3 Å². The van der Waals surface area contributed by atoms with E-state index in [0.717, 1.165) is 17.5 Å². The predicted octanol–water partition coefficient (Wildman–Crippen LogP) is 8.02. The van der Waals surface area contributed by atoms with Crippen molar-refractivity contribution >= 4 is 44.6 Å². The molecular formula is C33H44ClN5O3S. The minimum absolute atomic E-state index is 0.00946. The molecule has 0 atom stereocenters. The lowest BCUT2D eigenvalue weighted by molar-refractivity contribution is 0.181. The highest BCUT2D eigenvalue weighted by molar-refractivity contribution is 7.92. The normalized spacial score (nSPS) is 19.6. The SMILES string of the molecule is Cc1cc(Nc2ncc(Cl)c(Nc3ccccc3S(=O)(=O)C(C)C)n2)c(OC(C)C)cc1[C@H]1CC[C@H](N2CCCC2)CC1. The van der Waals surface area contributed by atoms with Crippen LogP contribution in [0.2, 0.25) is 5.02 Å². The van der Waals surface area contributed by atoms with Crippen molar-refractivity contribution in [1.82, 2.24) is 14.9 Å². The fourth-order valence-corrected chi connectivity index (χ4v) is 7.63. The molecule has 1 saturated carbocycles. The van der Waals surface area contributed by atoms with E-state index < -0.39 is 15.1 Å². The van der Waals surface area contributed by atoms with Crippen LogP contribution in [0, 0.1) is 6.92 Å². The van der Waals surface area contributed by atoms with Crippen LogP contribution in [-0.2, 0) is 9.84 Å². The number of ether oxygens (including phenoxy) is 1. The Bertz CT molecular complexity index is 1530. The lowest BCUT2D eigenvalue weighted by Gasteiger charge is -2.35. The molecule has 1 saturated heterocycles. The molecule has 232 valence electrons. The van der Waals surface area contributed by atoms with Gasteiger partial charge in [-0.2, -0.15) is 4.98 Å². The molecule has 8 nitrogen and oxygen atoms in total. The van der Waals surface area contributed by atoms with Crippen molar-refractivity contribution in [3.63, 3.8) is 0 Å². The Morgan fingerprint density at radius 2 is 1.67 bits per heavy atom. The second-order valence-electron chi connectivity index (χ2n) is 12.4. The first-order chi connectivity index (χ1) is 20.5. The van der Waals surface area contributed by atoms with E-state index in [4.69, 9.17) is 16.3 Å². The average Bonchev–Trinajstić information content (AvgIpc) is 3.51. The van der Waals surface area contributed by atoms with Crippen LogP contribution >= 0.6 is 11.6 Å². The van der Waals surface area contributed by atoms with Crippen LogP contribution in [0.1, 0.15) is 83.3 Å². The number of sulfone groups is 1. The molecule has 5 rings (SSSR count). The van der Waals surface area contributed by atoms with E-state index in [-0.39, 0.29) is 16.0 Å². The Morgan fingerprint density at radius 1 is 0.977 bits per heavy atom. The summed E-state index contributed by atoms with van der Waals surface area (Å²) in [6.45, 7) is 12.0. The van der Waals surface area contributed by atoms with Crippen LogP contribution < -0.4 is 15.4 Å². The van der Waals surface area contributed by atoms with Crippen molar-refractivity contribution in [1.29, 1.82) is 0 Å². The molecule has 0 amide bonds. The molecule has 2 fully saturated rings. The van der Waals surface area contributed by atoms with Gasteiger partial charge in [-0.15, -0.1) is 0 Å². The summed E-state index contributed by atoms with van der Waals surface area (Å²) in [5.74, 6) is 1.91. The van der Waals surface area contributed by atoms with E-state index in [0.29, 0.717) is 23.4 Å². The molecule has 2 N–H and O–H groups in total. The Morgan fingerprint density at radius 3 is 2.35 bits per heavy atom. The van der Waals surface area contributed by atoms with Crippen LogP contribution in [-0.4, -0.2) is 53.8 Å². The zero-order valence-corrected chi connectivity index (χ0v) is 27.4. The van der Waals surface area contributed by atoms with Crippen molar-refractivity contribution < 1.29 is 13.2 Å². The van der Waals surface area contributed by atoms with Gasteiger partial charge in [0, 0.05) is 6.04 Å². The minimum Gasteiger partial charge on any atom is -0.489 e. The largest absolute Gasteiger partial charge is 0.489 e. The lowest BCUT2D eigenvalue weighted by atomic mass is 9.79. The van der Waals surface area contributed by atoms with E-state index in [9.17, 15) is 8.42 Å². The summed E-state index contributed by atoms with van der Waals surface area (Å²) in [6.07, 6.45) is 9.06. The highest BCUT2D eigenvalue weighted by atomic mass is 35.5. The summed E-state index contributed by atoms with van der Waals surface area (Å²) in [4.78, 5) is 11.9. The molecule has 10 heteroatoms. The number of para-hydroxylation sites is 1. The molecule has 0 unspecified atom stereocenters. The highest BCUT2D eigenvalue weighted by Crippen LogP contribution is 2.41. The van der Waals surface area contributed by atoms with Crippen LogP contribution in [0.15, 0.2) is 47.5 Å². The molecule has 43 heavy (non-hydrogen) atoms. The van der Waals surface area contributed by atoms with E-state index in [1.54, 1.807) is 38.1 Å².